The molecular weight excluding hydrogens is 322 g/mol. The second kappa shape index (κ2) is 7.14. The second-order valence-electron chi connectivity index (χ2n) is 6.19. The predicted octanol–water partition coefficient (Wildman–Crippen LogP) is 0.244. The Kier molecular flexibility index (Phi) is 4.55. The Morgan fingerprint density at radius 1 is 1.24 bits per heavy atom. The molecule has 1 saturated heterocycles. The van der Waals surface area contributed by atoms with Crippen molar-refractivity contribution in [2.75, 3.05) is 25.0 Å². The van der Waals surface area contributed by atoms with Gasteiger partial charge in [0.25, 0.3) is 5.91 Å². The zero-order chi connectivity index (χ0) is 17.1. The van der Waals surface area contributed by atoms with Crippen LogP contribution in [0, 0.1) is 0 Å². The molecule has 0 saturated carbocycles. The van der Waals surface area contributed by atoms with Crippen molar-refractivity contribution in [1.82, 2.24) is 29.6 Å². The summed E-state index contributed by atoms with van der Waals surface area (Å²) in [6.45, 7) is 3.18. The van der Waals surface area contributed by atoms with Crippen LogP contribution in [0.4, 0.5) is 5.95 Å². The van der Waals surface area contributed by atoms with Crippen LogP contribution in [0.25, 0.3) is 0 Å². The number of fused-ring (bicyclic) bond motifs is 1. The lowest BCUT2D eigenvalue weighted by atomic mass is 10.2. The molecule has 1 unspecified atom stereocenters. The Bertz CT molecular complexity index is 727. The Hall–Kier alpha value is -2.55. The van der Waals surface area contributed by atoms with Gasteiger partial charge >= 0.3 is 0 Å². The molecule has 1 fully saturated rings. The Morgan fingerprint density at radius 2 is 2.12 bits per heavy atom. The molecule has 0 aromatic carbocycles. The maximum Gasteiger partial charge on any atom is 0.251 e. The number of hydrogen-bond donors (Lipinski definition) is 1. The highest BCUT2D eigenvalue weighted by atomic mass is 16.5. The average molecular weight is 343 g/mol. The molecule has 9 heteroatoms. The molecule has 4 heterocycles. The molecule has 4 rings (SSSR count). The molecule has 1 amide bonds. The van der Waals surface area contributed by atoms with Gasteiger partial charge in [0.05, 0.1) is 6.54 Å². The summed E-state index contributed by atoms with van der Waals surface area (Å²) in [5, 5.41) is 11.7. The molecule has 2 aliphatic rings. The molecule has 2 aliphatic heterocycles. The summed E-state index contributed by atoms with van der Waals surface area (Å²) < 4.78 is 7.61. The van der Waals surface area contributed by atoms with Crippen LogP contribution in [0.15, 0.2) is 18.5 Å². The van der Waals surface area contributed by atoms with E-state index >= 15 is 0 Å². The van der Waals surface area contributed by atoms with Crippen LogP contribution in [0.3, 0.4) is 0 Å². The molecule has 1 atom stereocenters. The average Bonchev–Trinajstić information content (AvgIpc) is 3.26. The van der Waals surface area contributed by atoms with E-state index in [0.717, 1.165) is 24.5 Å². The summed E-state index contributed by atoms with van der Waals surface area (Å²) in [7, 11) is 0. The molecule has 2 aromatic rings. The second-order valence-corrected chi connectivity index (χ2v) is 6.19. The number of carbonyl (C=O) groups excluding carboxylic acids is 1. The van der Waals surface area contributed by atoms with Gasteiger partial charge in [-0.05, 0) is 18.9 Å². The Labute approximate surface area is 145 Å². The monoisotopic (exact) mass is 343 g/mol. The maximum absolute atomic E-state index is 12.5. The summed E-state index contributed by atoms with van der Waals surface area (Å²) in [5.74, 6) is 2.40. The summed E-state index contributed by atoms with van der Waals surface area (Å²) >= 11 is 0. The topological polar surface area (TPSA) is 98.1 Å². The number of nitrogens with zero attached hydrogens (tertiary/aromatic N) is 6. The van der Waals surface area contributed by atoms with Crippen LogP contribution in [0.2, 0.25) is 0 Å². The quantitative estimate of drug-likeness (QED) is 0.849. The van der Waals surface area contributed by atoms with Gasteiger partial charge in [-0.25, -0.2) is 9.97 Å². The number of ether oxygens (including phenoxy) is 1. The first-order chi connectivity index (χ1) is 12.3. The fourth-order valence-electron chi connectivity index (χ4n) is 3.26. The maximum atomic E-state index is 12.5. The van der Waals surface area contributed by atoms with Gasteiger partial charge in [0.2, 0.25) is 5.95 Å². The standard InChI is InChI=1S/C16H21N7O2/c24-15(12-3-1-10-25-12)22-7-4-13-20-21-14(23(13)9-8-22)11-19-16-17-5-2-6-18-16/h2,5-6,12H,1,3-4,7-11H2,(H,17,18,19). The van der Waals surface area contributed by atoms with Crippen LogP contribution in [-0.2, 0) is 29.0 Å². The Balaban J connectivity index is 1.40. The van der Waals surface area contributed by atoms with E-state index in [0.29, 0.717) is 45.2 Å². The predicted molar refractivity (Wildman–Crippen MR) is 88.6 cm³/mol. The van der Waals surface area contributed by atoms with Crippen LogP contribution in [0.1, 0.15) is 24.5 Å². The number of carbonyl (C=O) groups is 1. The van der Waals surface area contributed by atoms with Crippen molar-refractivity contribution < 1.29 is 9.53 Å². The molecule has 25 heavy (non-hydrogen) atoms. The van der Waals surface area contributed by atoms with E-state index in [9.17, 15) is 4.79 Å². The van der Waals surface area contributed by atoms with Gasteiger partial charge in [-0.3, -0.25) is 4.79 Å². The minimum atomic E-state index is -0.264. The van der Waals surface area contributed by atoms with Crippen molar-refractivity contribution in [2.45, 2.75) is 38.5 Å². The fourth-order valence-corrected chi connectivity index (χ4v) is 3.26. The van der Waals surface area contributed by atoms with Crippen molar-refractivity contribution in [3.8, 4) is 0 Å². The molecule has 2 aromatic heterocycles. The molecule has 132 valence electrons. The van der Waals surface area contributed by atoms with Gasteiger partial charge < -0.3 is 19.5 Å². The van der Waals surface area contributed by atoms with Crippen LogP contribution >= 0.6 is 0 Å². The summed E-state index contributed by atoms with van der Waals surface area (Å²) in [6, 6.07) is 1.77. The summed E-state index contributed by atoms with van der Waals surface area (Å²) in [6.07, 6.45) is 5.61. The van der Waals surface area contributed by atoms with Crippen molar-refractivity contribution in [1.29, 1.82) is 0 Å². The lowest BCUT2D eigenvalue weighted by molar-refractivity contribution is -0.140. The zero-order valence-corrected chi connectivity index (χ0v) is 14.0. The molecule has 9 nitrogen and oxygen atoms in total. The first-order valence-electron chi connectivity index (χ1n) is 8.63. The SMILES string of the molecule is O=C(C1CCCO1)N1CCc2nnc(CNc3ncccn3)n2CC1. The largest absolute Gasteiger partial charge is 0.368 e. The molecule has 1 N–H and O–H groups in total. The first-order valence-corrected chi connectivity index (χ1v) is 8.63. The fraction of sp³-hybridized carbons (Fsp3) is 0.562. The molecule has 0 aliphatic carbocycles. The highest BCUT2D eigenvalue weighted by Gasteiger charge is 2.30. The van der Waals surface area contributed by atoms with E-state index in [2.05, 4.69) is 30.0 Å². The van der Waals surface area contributed by atoms with E-state index in [1.807, 2.05) is 4.90 Å². The number of amides is 1. The van der Waals surface area contributed by atoms with Gasteiger partial charge in [-0.1, -0.05) is 0 Å². The first kappa shape index (κ1) is 15.9. The third-order valence-corrected chi connectivity index (χ3v) is 4.59. The number of rotatable bonds is 4. The van der Waals surface area contributed by atoms with Crippen LogP contribution in [0.5, 0.6) is 0 Å². The number of aromatic nitrogens is 5. The van der Waals surface area contributed by atoms with Gasteiger partial charge in [-0.2, -0.15) is 0 Å². The van der Waals surface area contributed by atoms with Crippen molar-refractivity contribution in [3.63, 3.8) is 0 Å². The minimum Gasteiger partial charge on any atom is -0.368 e. The molecular formula is C16H21N7O2. The molecule has 0 spiro atoms. The molecule has 0 bridgehead atoms. The number of nitrogens with one attached hydrogen (secondary N) is 1. The van der Waals surface area contributed by atoms with Crippen molar-refractivity contribution in [3.05, 3.63) is 30.1 Å². The van der Waals surface area contributed by atoms with Gasteiger partial charge in [0.1, 0.15) is 11.9 Å². The molecule has 0 radical (unpaired) electrons. The zero-order valence-electron chi connectivity index (χ0n) is 14.0. The normalized spacial score (nSPS) is 20.2. The van der Waals surface area contributed by atoms with E-state index < -0.39 is 0 Å². The highest BCUT2D eigenvalue weighted by molar-refractivity contribution is 5.81. The van der Waals surface area contributed by atoms with Gasteiger partial charge in [0.15, 0.2) is 5.82 Å². The highest BCUT2D eigenvalue weighted by Crippen LogP contribution is 2.17. The van der Waals surface area contributed by atoms with E-state index in [1.54, 1.807) is 18.5 Å². The summed E-state index contributed by atoms with van der Waals surface area (Å²) in [5.41, 5.74) is 0. The minimum absolute atomic E-state index is 0.105. The lowest BCUT2D eigenvalue weighted by Gasteiger charge is -2.23. The summed E-state index contributed by atoms with van der Waals surface area (Å²) in [4.78, 5) is 22.7. The smallest absolute Gasteiger partial charge is 0.251 e. The van der Waals surface area contributed by atoms with Crippen molar-refractivity contribution in [2.24, 2.45) is 0 Å². The number of anilines is 1. The number of hydrogen-bond acceptors (Lipinski definition) is 7. The third-order valence-electron chi connectivity index (χ3n) is 4.59. The van der Waals surface area contributed by atoms with Gasteiger partial charge in [0, 0.05) is 45.1 Å². The lowest BCUT2D eigenvalue weighted by Crippen LogP contribution is -2.40. The van der Waals surface area contributed by atoms with E-state index in [-0.39, 0.29) is 12.0 Å². The van der Waals surface area contributed by atoms with Gasteiger partial charge in [-0.15, -0.1) is 10.2 Å². The van der Waals surface area contributed by atoms with E-state index in [4.69, 9.17) is 4.74 Å². The third kappa shape index (κ3) is 3.46. The van der Waals surface area contributed by atoms with Crippen LogP contribution in [-0.4, -0.2) is 61.3 Å². The van der Waals surface area contributed by atoms with Crippen molar-refractivity contribution >= 4 is 11.9 Å². The van der Waals surface area contributed by atoms with E-state index in [1.165, 1.54) is 0 Å². The Morgan fingerprint density at radius 3 is 2.92 bits per heavy atom. The van der Waals surface area contributed by atoms with Crippen LogP contribution < -0.4 is 5.32 Å².